The van der Waals surface area contributed by atoms with Crippen molar-refractivity contribution >= 4 is 23.4 Å². The summed E-state index contributed by atoms with van der Waals surface area (Å²) in [7, 11) is 0. The number of cyclic esters (lactones) is 1. The molecule has 3 aliphatic rings. The van der Waals surface area contributed by atoms with Crippen molar-refractivity contribution in [2.24, 2.45) is 5.41 Å². The van der Waals surface area contributed by atoms with Crippen LogP contribution < -0.4 is 15.1 Å². The third-order valence-corrected chi connectivity index (χ3v) is 6.29. The number of amides is 2. The monoisotopic (exact) mass is 479 g/mol. The van der Waals surface area contributed by atoms with Crippen molar-refractivity contribution in [1.82, 2.24) is 5.32 Å². The van der Waals surface area contributed by atoms with Crippen LogP contribution in [0.1, 0.15) is 15.9 Å². The first-order valence-electron chi connectivity index (χ1n) is 10.7. The van der Waals surface area contributed by atoms with Crippen molar-refractivity contribution in [3.05, 3.63) is 59.4 Å². The lowest BCUT2D eigenvalue weighted by atomic mass is 9.78. The average Bonchev–Trinajstić information content (AvgIpc) is 3.11. The van der Waals surface area contributed by atoms with Gasteiger partial charge in [-0.05, 0) is 42.5 Å². The molecule has 1 N–H and O–H groups in total. The Morgan fingerprint density at radius 1 is 1.12 bits per heavy atom. The quantitative estimate of drug-likeness (QED) is 0.666. The minimum absolute atomic E-state index is 0.0411. The minimum Gasteiger partial charge on any atom is -0.442 e. The zero-order chi connectivity index (χ0) is 24.1. The molecule has 2 aromatic carbocycles. The molecule has 0 bridgehead atoms. The molecule has 0 saturated carbocycles. The van der Waals surface area contributed by atoms with E-state index in [-0.39, 0.29) is 24.1 Å². The van der Waals surface area contributed by atoms with Crippen LogP contribution in [0.15, 0.2) is 42.5 Å². The van der Waals surface area contributed by atoms with Gasteiger partial charge in [0.25, 0.3) is 5.91 Å². The number of hydrogen-bond donors (Lipinski definition) is 1. The van der Waals surface area contributed by atoms with Crippen LogP contribution in [0.2, 0.25) is 0 Å². The largest absolute Gasteiger partial charge is 0.442 e. The maximum atomic E-state index is 14.7. The Balaban J connectivity index is 1.16. The van der Waals surface area contributed by atoms with E-state index in [2.05, 4.69) is 5.32 Å². The molecule has 1 spiro atoms. The molecule has 34 heavy (non-hydrogen) atoms. The fraction of sp³-hybridized carbons (Fsp3) is 0.391. The van der Waals surface area contributed by atoms with E-state index < -0.39 is 35.7 Å². The van der Waals surface area contributed by atoms with Crippen LogP contribution in [0.25, 0.3) is 0 Å². The van der Waals surface area contributed by atoms with Crippen LogP contribution in [0.4, 0.5) is 33.7 Å². The molecule has 3 fully saturated rings. The van der Waals surface area contributed by atoms with Crippen molar-refractivity contribution in [1.29, 1.82) is 0 Å². The van der Waals surface area contributed by atoms with E-state index in [1.165, 1.54) is 11.0 Å². The van der Waals surface area contributed by atoms with E-state index in [1.54, 1.807) is 12.1 Å². The summed E-state index contributed by atoms with van der Waals surface area (Å²) in [6, 6.07) is 8.35. The van der Waals surface area contributed by atoms with E-state index >= 15 is 0 Å². The maximum Gasteiger partial charge on any atom is 0.416 e. The van der Waals surface area contributed by atoms with Gasteiger partial charge in [0.2, 0.25) is 0 Å². The van der Waals surface area contributed by atoms with Crippen molar-refractivity contribution in [3.63, 3.8) is 0 Å². The van der Waals surface area contributed by atoms with Crippen LogP contribution in [0.5, 0.6) is 0 Å². The topological polar surface area (TPSA) is 71.1 Å². The number of nitrogens with zero attached hydrogens (tertiary/aromatic N) is 2. The van der Waals surface area contributed by atoms with Crippen LogP contribution in [-0.2, 0) is 15.7 Å². The molecule has 7 nitrogen and oxygen atoms in total. The van der Waals surface area contributed by atoms with Crippen molar-refractivity contribution in [3.8, 4) is 0 Å². The number of carbonyl (C=O) groups excluding carboxylic acids is 2. The normalized spacial score (nSPS) is 21.2. The van der Waals surface area contributed by atoms with E-state index in [9.17, 15) is 27.2 Å². The van der Waals surface area contributed by atoms with Crippen LogP contribution in [0, 0.1) is 11.2 Å². The summed E-state index contributed by atoms with van der Waals surface area (Å²) in [5.41, 5.74) is 0.141. The lowest BCUT2D eigenvalue weighted by Gasteiger charge is -2.56. The molecule has 3 saturated heterocycles. The average molecular weight is 479 g/mol. The summed E-state index contributed by atoms with van der Waals surface area (Å²) in [6.45, 7) is 2.90. The molecular weight excluding hydrogens is 458 g/mol. The van der Waals surface area contributed by atoms with Gasteiger partial charge in [-0.25, -0.2) is 9.18 Å². The zero-order valence-corrected chi connectivity index (χ0v) is 17.9. The summed E-state index contributed by atoms with van der Waals surface area (Å²) in [5, 5.41) is 2.55. The maximum absolute atomic E-state index is 14.7. The predicted octanol–water partition coefficient (Wildman–Crippen LogP) is 3.44. The van der Waals surface area contributed by atoms with Crippen LogP contribution in [-0.4, -0.2) is 57.5 Å². The first-order valence-corrected chi connectivity index (χ1v) is 10.7. The molecule has 5 rings (SSSR count). The van der Waals surface area contributed by atoms with Gasteiger partial charge in [0.15, 0.2) is 0 Å². The summed E-state index contributed by atoms with van der Waals surface area (Å²) >= 11 is 0. The second-order valence-electron chi connectivity index (χ2n) is 8.89. The van der Waals surface area contributed by atoms with Gasteiger partial charge in [-0.1, -0.05) is 0 Å². The molecule has 0 aliphatic carbocycles. The highest BCUT2D eigenvalue weighted by atomic mass is 19.4. The van der Waals surface area contributed by atoms with Gasteiger partial charge in [-0.15, -0.1) is 0 Å². The smallest absolute Gasteiger partial charge is 0.416 e. The molecule has 0 radical (unpaired) electrons. The van der Waals surface area contributed by atoms with Crippen LogP contribution >= 0.6 is 0 Å². The molecule has 1 atom stereocenters. The number of halogens is 4. The van der Waals surface area contributed by atoms with Gasteiger partial charge in [0.05, 0.1) is 48.7 Å². The van der Waals surface area contributed by atoms with Gasteiger partial charge in [0.1, 0.15) is 11.9 Å². The van der Waals surface area contributed by atoms with E-state index in [0.717, 1.165) is 37.4 Å². The highest BCUT2D eigenvalue weighted by Gasteiger charge is 2.49. The van der Waals surface area contributed by atoms with Crippen molar-refractivity contribution in [2.75, 3.05) is 49.2 Å². The van der Waals surface area contributed by atoms with Gasteiger partial charge in [0, 0.05) is 18.7 Å². The van der Waals surface area contributed by atoms with Gasteiger partial charge >= 0.3 is 12.3 Å². The summed E-state index contributed by atoms with van der Waals surface area (Å²) in [5.74, 6) is -1.04. The lowest BCUT2D eigenvalue weighted by molar-refractivity contribution is -0.137. The SMILES string of the molecule is O=C(NC[C@H]1CN(c2ccc(N3CC4(COC4)C3)c(F)c2)C(=O)O1)c1ccc(C(F)(F)F)cc1. The van der Waals surface area contributed by atoms with Crippen LogP contribution in [0.3, 0.4) is 0 Å². The Hall–Kier alpha value is -3.34. The Morgan fingerprint density at radius 2 is 1.82 bits per heavy atom. The second kappa shape index (κ2) is 8.15. The molecular formula is C23H21F4N3O4. The number of rotatable bonds is 5. The number of carbonyl (C=O) groups is 2. The summed E-state index contributed by atoms with van der Waals surface area (Å²) < 4.78 is 63.2. The molecule has 2 amide bonds. The molecule has 180 valence electrons. The van der Waals surface area contributed by atoms with Crippen molar-refractivity contribution in [2.45, 2.75) is 12.3 Å². The number of ether oxygens (including phenoxy) is 2. The Labute approximate surface area is 192 Å². The molecule has 2 aromatic rings. The summed E-state index contributed by atoms with van der Waals surface area (Å²) in [4.78, 5) is 27.7. The fourth-order valence-corrected chi connectivity index (χ4v) is 4.39. The molecule has 0 unspecified atom stereocenters. The zero-order valence-electron chi connectivity index (χ0n) is 17.9. The molecule has 11 heteroatoms. The highest BCUT2D eigenvalue weighted by Crippen LogP contribution is 2.41. The number of hydrogen-bond acceptors (Lipinski definition) is 5. The van der Waals surface area contributed by atoms with Gasteiger partial charge in [-0.3, -0.25) is 9.69 Å². The minimum atomic E-state index is -4.49. The standard InChI is InChI=1S/C23H21F4N3O4/c24-18-7-16(5-6-19(18)29-10-22(11-29)12-33-13-22)30-9-17(34-21(30)32)8-28-20(31)14-1-3-15(4-2-14)23(25,26)27/h1-7,17H,8-13H2,(H,28,31)/t17-/m0/s1. The second-order valence-corrected chi connectivity index (χ2v) is 8.89. The lowest BCUT2D eigenvalue weighted by Crippen LogP contribution is -2.66. The Bertz CT molecular complexity index is 1110. The Kier molecular flexibility index (Phi) is 5.38. The van der Waals surface area contributed by atoms with E-state index in [0.29, 0.717) is 24.6 Å². The summed E-state index contributed by atoms with van der Waals surface area (Å²) in [6.07, 6.45) is -5.85. The first-order chi connectivity index (χ1) is 16.1. The van der Waals surface area contributed by atoms with Gasteiger partial charge < -0.3 is 19.7 Å². The fourth-order valence-electron chi connectivity index (χ4n) is 4.39. The Morgan fingerprint density at radius 3 is 2.41 bits per heavy atom. The third kappa shape index (κ3) is 4.15. The molecule has 3 aliphatic heterocycles. The number of benzene rings is 2. The van der Waals surface area contributed by atoms with E-state index in [4.69, 9.17) is 9.47 Å². The number of nitrogens with one attached hydrogen (secondary N) is 1. The van der Waals surface area contributed by atoms with Crippen molar-refractivity contribution < 1.29 is 36.6 Å². The highest BCUT2D eigenvalue weighted by molar-refractivity contribution is 5.94. The van der Waals surface area contributed by atoms with E-state index in [1.807, 2.05) is 4.90 Å². The molecule has 3 heterocycles. The number of anilines is 2. The third-order valence-electron chi connectivity index (χ3n) is 6.29. The first kappa shape index (κ1) is 22.5. The molecule has 0 aromatic heterocycles. The van der Waals surface area contributed by atoms with Gasteiger partial charge in [-0.2, -0.15) is 13.2 Å². The number of alkyl halides is 3. The predicted molar refractivity (Wildman–Crippen MR) is 113 cm³/mol.